The van der Waals surface area contributed by atoms with E-state index in [9.17, 15) is 0 Å². The van der Waals surface area contributed by atoms with Gasteiger partial charge in [0.1, 0.15) is 0 Å². The molecule has 1 rings (SSSR count). The Morgan fingerprint density at radius 2 is 2.27 bits per heavy atom. The van der Waals surface area contributed by atoms with Crippen molar-refractivity contribution in [2.24, 2.45) is 0 Å². The Morgan fingerprint density at radius 1 is 1.45 bits per heavy atom. The van der Waals surface area contributed by atoms with E-state index in [1.807, 2.05) is 0 Å². The van der Waals surface area contributed by atoms with E-state index in [0.717, 1.165) is 6.54 Å². The summed E-state index contributed by atoms with van der Waals surface area (Å²) in [5.41, 5.74) is 1.37. The standard InChI is InChI=1S/C9H15NS/c1-3-6-10(4-2)9-5-7-11-8-9/h5,7-8H,3-4,6H2,1-2H3. The van der Waals surface area contributed by atoms with E-state index in [0.29, 0.717) is 0 Å². The Hall–Kier alpha value is -0.500. The smallest absolute Gasteiger partial charge is 0.0474 e. The topological polar surface area (TPSA) is 3.24 Å². The fraction of sp³-hybridized carbons (Fsp3) is 0.556. The van der Waals surface area contributed by atoms with Crippen LogP contribution in [0, 0.1) is 0 Å². The fourth-order valence-electron chi connectivity index (χ4n) is 1.18. The summed E-state index contributed by atoms with van der Waals surface area (Å²) < 4.78 is 0. The fourth-order valence-corrected chi connectivity index (χ4v) is 1.84. The first kappa shape index (κ1) is 8.60. The van der Waals surface area contributed by atoms with Crippen molar-refractivity contribution in [3.8, 4) is 0 Å². The maximum absolute atomic E-state index is 2.40. The van der Waals surface area contributed by atoms with Gasteiger partial charge in [0.25, 0.3) is 0 Å². The molecule has 0 spiro atoms. The highest BCUT2D eigenvalue weighted by Gasteiger charge is 2.01. The minimum atomic E-state index is 1.12. The second-order valence-electron chi connectivity index (χ2n) is 2.56. The molecular formula is C9H15NS. The summed E-state index contributed by atoms with van der Waals surface area (Å²) in [6.07, 6.45) is 1.23. The highest BCUT2D eigenvalue weighted by Crippen LogP contribution is 2.17. The number of thiophene rings is 1. The van der Waals surface area contributed by atoms with Crippen LogP contribution < -0.4 is 4.90 Å². The van der Waals surface area contributed by atoms with E-state index >= 15 is 0 Å². The molecule has 1 nitrogen and oxygen atoms in total. The Bertz CT molecular complexity index is 181. The van der Waals surface area contributed by atoms with Gasteiger partial charge in [-0.15, -0.1) is 0 Å². The lowest BCUT2D eigenvalue weighted by Gasteiger charge is -2.20. The minimum Gasteiger partial charge on any atom is -0.371 e. The van der Waals surface area contributed by atoms with Crippen molar-refractivity contribution in [3.63, 3.8) is 0 Å². The summed E-state index contributed by atoms with van der Waals surface area (Å²) >= 11 is 1.77. The van der Waals surface area contributed by atoms with Gasteiger partial charge < -0.3 is 4.90 Å². The van der Waals surface area contributed by atoms with Crippen molar-refractivity contribution in [2.75, 3.05) is 18.0 Å². The predicted molar refractivity (Wildman–Crippen MR) is 52.5 cm³/mol. The molecule has 1 heterocycles. The Kier molecular flexibility index (Phi) is 3.43. The maximum Gasteiger partial charge on any atom is 0.0474 e. The van der Waals surface area contributed by atoms with Crippen LogP contribution in [0.4, 0.5) is 5.69 Å². The third-order valence-electron chi connectivity index (χ3n) is 1.75. The molecule has 2 heteroatoms. The quantitative estimate of drug-likeness (QED) is 0.669. The molecule has 0 aliphatic heterocycles. The van der Waals surface area contributed by atoms with Crippen molar-refractivity contribution in [3.05, 3.63) is 16.8 Å². The Balaban J connectivity index is 2.56. The molecule has 0 amide bonds. The van der Waals surface area contributed by atoms with Crippen LogP contribution in [-0.4, -0.2) is 13.1 Å². The average Bonchev–Trinajstić information content (AvgIpc) is 2.52. The first-order chi connectivity index (χ1) is 5.38. The van der Waals surface area contributed by atoms with E-state index in [1.165, 1.54) is 18.7 Å². The molecule has 0 aliphatic carbocycles. The highest BCUT2D eigenvalue weighted by atomic mass is 32.1. The lowest BCUT2D eigenvalue weighted by molar-refractivity contribution is 0.793. The summed E-state index contributed by atoms with van der Waals surface area (Å²) in [4.78, 5) is 2.40. The van der Waals surface area contributed by atoms with Crippen LogP contribution in [0.1, 0.15) is 20.3 Å². The molecule has 0 N–H and O–H groups in total. The number of hydrogen-bond donors (Lipinski definition) is 0. The molecule has 11 heavy (non-hydrogen) atoms. The SMILES string of the molecule is CCCN(CC)c1ccsc1. The minimum absolute atomic E-state index is 1.12. The van der Waals surface area contributed by atoms with Crippen molar-refractivity contribution >= 4 is 17.0 Å². The predicted octanol–water partition coefficient (Wildman–Crippen LogP) is 2.98. The molecule has 0 saturated heterocycles. The largest absolute Gasteiger partial charge is 0.371 e. The van der Waals surface area contributed by atoms with Gasteiger partial charge in [0.15, 0.2) is 0 Å². The van der Waals surface area contributed by atoms with E-state index in [-0.39, 0.29) is 0 Å². The summed E-state index contributed by atoms with van der Waals surface area (Å²) in [6.45, 7) is 6.71. The highest BCUT2D eigenvalue weighted by molar-refractivity contribution is 7.08. The molecule has 0 aromatic carbocycles. The van der Waals surface area contributed by atoms with Gasteiger partial charge in [-0.25, -0.2) is 0 Å². The molecule has 0 atom stereocenters. The molecule has 62 valence electrons. The van der Waals surface area contributed by atoms with Crippen molar-refractivity contribution in [1.82, 2.24) is 0 Å². The van der Waals surface area contributed by atoms with E-state index < -0.39 is 0 Å². The normalized spacial score (nSPS) is 10.0. The third-order valence-corrected chi connectivity index (χ3v) is 2.42. The first-order valence-electron chi connectivity index (χ1n) is 4.15. The molecule has 0 bridgehead atoms. The lowest BCUT2D eigenvalue weighted by atomic mass is 10.3. The van der Waals surface area contributed by atoms with E-state index in [2.05, 4.69) is 35.6 Å². The van der Waals surface area contributed by atoms with Gasteiger partial charge in [-0.1, -0.05) is 6.92 Å². The summed E-state index contributed by atoms with van der Waals surface area (Å²) in [5.74, 6) is 0. The zero-order valence-electron chi connectivity index (χ0n) is 7.21. The van der Waals surface area contributed by atoms with Gasteiger partial charge >= 0.3 is 0 Å². The molecular weight excluding hydrogens is 154 g/mol. The summed E-state index contributed by atoms with van der Waals surface area (Å²) in [5, 5.41) is 4.34. The van der Waals surface area contributed by atoms with Crippen LogP contribution in [0.5, 0.6) is 0 Å². The maximum atomic E-state index is 2.40. The molecule has 0 aliphatic rings. The summed E-state index contributed by atoms with van der Waals surface area (Å²) in [7, 11) is 0. The van der Waals surface area contributed by atoms with Gasteiger partial charge in [0.05, 0.1) is 0 Å². The molecule has 0 radical (unpaired) electrons. The van der Waals surface area contributed by atoms with Crippen molar-refractivity contribution in [2.45, 2.75) is 20.3 Å². The van der Waals surface area contributed by atoms with Gasteiger partial charge in [0.2, 0.25) is 0 Å². The zero-order chi connectivity index (χ0) is 8.10. The zero-order valence-corrected chi connectivity index (χ0v) is 8.03. The molecule has 1 aromatic rings. The second kappa shape index (κ2) is 4.39. The number of rotatable bonds is 4. The average molecular weight is 169 g/mol. The molecule has 0 saturated carbocycles. The number of nitrogens with zero attached hydrogens (tertiary/aromatic N) is 1. The van der Waals surface area contributed by atoms with Crippen molar-refractivity contribution < 1.29 is 0 Å². The van der Waals surface area contributed by atoms with Gasteiger partial charge in [0, 0.05) is 24.2 Å². The van der Waals surface area contributed by atoms with Crippen LogP contribution in [-0.2, 0) is 0 Å². The molecule has 1 aromatic heterocycles. The van der Waals surface area contributed by atoms with E-state index in [1.54, 1.807) is 11.3 Å². The van der Waals surface area contributed by atoms with Crippen LogP contribution in [0.15, 0.2) is 16.8 Å². The first-order valence-corrected chi connectivity index (χ1v) is 5.10. The second-order valence-corrected chi connectivity index (χ2v) is 3.34. The van der Waals surface area contributed by atoms with Crippen LogP contribution in [0.3, 0.4) is 0 Å². The third kappa shape index (κ3) is 2.22. The van der Waals surface area contributed by atoms with Crippen LogP contribution in [0.25, 0.3) is 0 Å². The number of anilines is 1. The molecule has 0 fully saturated rings. The molecule has 0 unspecified atom stereocenters. The van der Waals surface area contributed by atoms with Crippen molar-refractivity contribution in [1.29, 1.82) is 0 Å². The Morgan fingerprint density at radius 3 is 2.73 bits per heavy atom. The monoisotopic (exact) mass is 169 g/mol. The Labute approximate surface area is 72.7 Å². The van der Waals surface area contributed by atoms with Gasteiger partial charge in [-0.3, -0.25) is 0 Å². The lowest BCUT2D eigenvalue weighted by Crippen LogP contribution is -2.22. The summed E-state index contributed by atoms with van der Waals surface area (Å²) in [6, 6.07) is 2.18. The van der Waals surface area contributed by atoms with Crippen LogP contribution in [0.2, 0.25) is 0 Å². The van der Waals surface area contributed by atoms with Crippen LogP contribution >= 0.6 is 11.3 Å². The van der Waals surface area contributed by atoms with Gasteiger partial charge in [-0.05, 0) is 24.8 Å². The number of hydrogen-bond acceptors (Lipinski definition) is 2. The van der Waals surface area contributed by atoms with Gasteiger partial charge in [-0.2, -0.15) is 11.3 Å². The van der Waals surface area contributed by atoms with E-state index in [4.69, 9.17) is 0 Å².